The SMILES string of the molecule is C=C(CC)CC(=O)C(N)c1cnn(C)c1. The molecule has 0 saturated carbocycles. The minimum Gasteiger partial charge on any atom is -0.318 e. The van der Waals surface area contributed by atoms with Crippen molar-refractivity contribution in [2.24, 2.45) is 12.8 Å². The van der Waals surface area contributed by atoms with Crippen molar-refractivity contribution in [2.45, 2.75) is 25.8 Å². The fraction of sp³-hybridized carbons (Fsp3) is 0.455. The third-order valence-corrected chi connectivity index (χ3v) is 2.36. The maximum absolute atomic E-state index is 11.7. The first-order valence-corrected chi connectivity index (χ1v) is 4.98. The van der Waals surface area contributed by atoms with Gasteiger partial charge in [0.15, 0.2) is 5.78 Å². The summed E-state index contributed by atoms with van der Waals surface area (Å²) in [5.41, 5.74) is 7.48. The maximum atomic E-state index is 11.7. The Balaban J connectivity index is 2.64. The van der Waals surface area contributed by atoms with Crippen molar-refractivity contribution >= 4 is 5.78 Å². The summed E-state index contributed by atoms with van der Waals surface area (Å²) < 4.78 is 1.64. The number of hydrogen-bond acceptors (Lipinski definition) is 3. The summed E-state index contributed by atoms with van der Waals surface area (Å²) in [5, 5.41) is 3.98. The number of aromatic nitrogens is 2. The third kappa shape index (κ3) is 3.02. The van der Waals surface area contributed by atoms with Gasteiger partial charge in [-0.3, -0.25) is 9.48 Å². The van der Waals surface area contributed by atoms with E-state index < -0.39 is 6.04 Å². The molecule has 0 aliphatic rings. The smallest absolute Gasteiger partial charge is 0.158 e. The molecule has 1 heterocycles. The van der Waals surface area contributed by atoms with Crippen LogP contribution in [0.1, 0.15) is 31.4 Å². The van der Waals surface area contributed by atoms with Crippen LogP contribution in [0.3, 0.4) is 0 Å². The Morgan fingerprint density at radius 3 is 2.87 bits per heavy atom. The molecule has 15 heavy (non-hydrogen) atoms. The number of nitrogens with zero attached hydrogens (tertiary/aromatic N) is 2. The molecule has 1 rings (SSSR count). The summed E-state index contributed by atoms with van der Waals surface area (Å²) >= 11 is 0. The Hall–Kier alpha value is -1.42. The zero-order valence-electron chi connectivity index (χ0n) is 9.23. The standard InChI is InChI=1S/C11H17N3O/c1-4-8(2)5-10(15)11(12)9-6-13-14(3)7-9/h6-7,11H,2,4-5,12H2,1,3H3. The maximum Gasteiger partial charge on any atom is 0.158 e. The van der Waals surface area contributed by atoms with Gasteiger partial charge in [-0.05, 0) is 6.42 Å². The molecule has 2 N–H and O–H groups in total. The number of Topliss-reactive ketones (excluding diaryl/α,β-unsaturated/α-hetero) is 1. The van der Waals surface area contributed by atoms with E-state index in [1.165, 1.54) is 0 Å². The molecule has 0 bridgehead atoms. The summed E-state index contributed by atoms with van der Waals surface area (Å²) in [6.45, 7) is 5.77. The van der Waals surface area contributed by atoms with Crippen LogP contribution in [0.15, 0.2) is 24.5 Å². The van der Waals surface area contributed by atoms with Gasteiger partial charge < -0.3 is 5.73 Å². The Bertz CT molecular complexity index is 368. The van der Waals surface area contributed by atoms with E-state index in [2.05, 4.69) is 11.7 Å². The normalized spacial score (nSPS) is 12.5. The van der Waals surface area contributed by atoms with Crippen LogP contribution in [-0.4, -0.2) is 15.6 Å². The van der Waals surface area contributed by atoms with Crippen LogP contribution in [0.4, 0.5) is 0 Å². The fourth-order valence-electron chi connectivity index (χ4n) is 1.27. The third-order valence-electron chi connectivity index (χ3n) is 2.36. The highest BCUT2D eigenvalue weighted by Crippen LogP contribution is 2.15. The molecule has 4 heteroatoms. The molecular formula is C11H17N3O. The first-order valence-electron chi connectivity index (χ1n) is 4.98. The monoisotopic (exact) mass is 207 g/mol. The van der Waals surface area contributed by atoms with Gasteiger partial charge in [-0.25, -0.2) is 0 Å². The van der Waals surface area contributed by atoms with Gasteiger partial charge in [-0.15, -0.1) is 0 Å². The Kier molecular flexibility index (Phi) is 3.80. The molecule has 82 valence electrons. The van der Waals surface area contributed by atoms with Crippen molar-refractivity contribution in [3.63, 3.8) is 0 Å². The largest absolute Gasteiger partial charge is 0.318 e. The zero-order valence-corrected chi connectivity index (χ0v) is 9.23. The topological polar surface area (TPSA) is 60.9 Å². The van der Waals surface area contributed by atoms with Crippen LogP contribution in [0.25, 0.3) is 0 Å². The molecule has 0 saturated heterocycles. The number of rotatable bonds is 5. The molecule has 0 amide bonds. The van der Waals surface area contributed by atoms with Gasteiger partial charge in [0.25, 0.3) is 0 Å². The second-order valence-electron chi connectivity index (χ2n) is 3.67. The molecule has 1 unspecified atom stereocenters. The highest BCUT2D eigenvalue weighted by molar-refractivity contribution is 5.86. The molecule has 0 aliphatic heterocycles. The first kappa shape index (κ1) is 11.7. The molecule has 1 aromatic rings. The van der Waals surface area contributed by atoms with E-state index >= 15 is 0 Å². The van der Waals surface area contributed by atoms with Crippen LogP contribution in [0.5, 0.6) is 0 Å². The molecule has 0 spiro atoms. The second kappa shape index (κ2) is 4.89. The predicted molar refractivity (Wildman–Crippen MR) is 59.2 cm³/mol. The average Bonchev–Trinajstić information content (AvgIpc) is 2.63. The van der Waals surface area contributed by atoms with Gasteiger partial charge in [0.1, 0.15) is 0 Å². The number of allylic oxidation sites excluding steroid dienone is 1. The molecule has 0 aliphatic carbocycles. The van der Waals surface area contributed by atoms with E-state index in [0.717, 1.165) is 17.6 Å². The van der Waals surface area contributed by atoms with E-state index in [1.807, 2.05) is 6.92 Å². The Morgan fingerprint density at radius 2 is 2.40 bits per heavy atom. The van der Waals surface area contributed by atoms with Gasteiger partial charge in [-0.2, -0.15) is 5.10 Å². The van der Waals surface area contributed by atoms with Crippen molar-refractivity contribution in [2.75, 3.05) is 0 Å². The van der Waals surface area contributed by atoms with Gasteiger partial charge in [0.05, 0.1) is 12.2 Å². The van der Waals surface area contributed by atoms with E-state index in [1.54, 1.807) is 24.1 Å². The quantitative estimate of drug-likeness (QED) is 0.741. The minimum absolute atomic E-state index is 0.00477. The molecule has 0 fully saturated rings. The lowest BCUT2D eigenvalue weighted by molar-refractivity contribution is -0.119. The molecule has 1 atom stereocenters. The Morgan fingerprint density at radius 1 is 1.73 bits per heavy atom. The van der Waals surface area contributed by atoms with Crippen LogP contribution < -0.4 is 5.73 Å². The van der Waals surface area contributed by atoms with Crippen molar-refractivity contribution in [3.8, 4) is 0 Å². The van der Waals surface area contributed by atoms with Crippen molar-refractivity contribution in [3.05, 3.63) is 30.1 Å². The molecule has 1 aromatic heterocycles. The van der Waals surface area contributed by atoms with Crippen molar-refractivity contribution < 1.29 is 4.79 Å². The van der Waals surface area contributed by atoms with E-state index in [-0.39, 0.29) is 5.78 Å². The van der Waals surface area contributed by atoms with E-state index in [9.17, 15) is 4.79 Å². The molecule has 4 nitrogen and oxygen atoms in total. The average molecular weight is 207 g/mol. The van der Waals surface area contributed by atoms with Crippen molar-refractivity contribution in [1.82, 2.24) is 9.78 Å². The second-order valence-corrected chi connectivity index (χ2v) is 3.67. The number of ketones is 1. The lowest BCUT2D eigenvalue weighted by Crippen LogP contribution is -2.21. The van der Waals surface area contributed by atoms with Gasteiger partial charge >= 0.3 is 0 Å². The van der Waals surface area contributed by atoms with Crippen LogP contribution in [0, 0.1) is 0 Å². The molecule has 0 aromatic carbocycles. The van der Waals surface area contributed by atoms with Crippen molar-refractivity contribution in [1.29, 1.82) is 0 Å². The lowest BCUT2D eigenvalue weighted by atomic mass is 10.0. The number of carbonyl (C=O) groups is 1. The Labute approximate surface area is 89.8 Å². The summed E-state index contributed by atoms with van der Waals surface area (Å²) in [6, 6.07) is -0.581. The molecule has 0 radical (unpaired) electrons. The summed E-state index contributed by atoms with van der Waals surface area (Å²) in [6.07, 6.45) is 4.55. The number of hydrogen-bond donors (Lipinski definition) is 1. The summed E-state index contributed by atoms with van der Waals surface area (Å²) in [4.78, 5) is 11.7. The summed E-state index contributed by atoms with van der Waals surface area (Å²) in [5.74, 6) is -0.00477. The first-order chi connectivity index (χ1) is 7.04. The van der Waals surface area contributed by atoms with E-state index in [4.69, 9.17) is 5.73 Å². The van der Waals surface area contributed by atoms with E-state index in [0.29, 0.717) is 6.42 Å². The van der Waals surface area contributed by atoms with Gasteiger partial charge in [0.2, 0.25) is 0 Å². The highest BCUT2D eigenvalue weighted by Gasteiger charge is 2.17. The predicted octanol–water partition coefficient (Wildman–Crippen LogP) is 1.35. The van der Waals surface area contributed by atoms with Crippen LogP contribution >= 0.6 is 0 Å². The minimum atomic E-state index is -0.581. The zero-order chi connectivity index (χ0) is 11.4. The van der Waals surface area contributed by atoms with Gasteiger partial charge in [-0.1, -0.05) is 19.1 Å². The summed E-state index contributed by atoms with van der Waals surface area (Å²) in [7, 11) is 1.80. The number of aryl methyl sites for hydroxylation is 1. The van der Waals surface area contributed by atoms with Crippen LogP contribution in [-0.2, 0) is 11.8 Å². The fourth-order valence-corrected chi connectivity index (χ4v) is 1.27. The van der Waals surface area contributed by atoms with Crippen LogP contribution in [0.2, 0.25) is 0 Å². The lowest BCUT2D eigenvalue weighted by Gasteiger charge is -2.08. The highest BCUT2D eigenvalue weighted by atomic mass is 16.1. The number of carbonyl (C=O) groups excluding carboxylic acids is 1. The number of nitrogens with two attached hydrogens (primary N) is 1. The molecular weight excluding hydrogens is 190 g/mol. The van der Waals surface area contributed by atoms with Gasteiger partial charge in [0, 0.05) is 25.2 Å².